The first-order valence-electron chi connectivity index (χ1n) is 8.40. The van der Waals surface area contributed by atoms with E-state index in [1.165, 1.54) is 23.3 Å². The summed E-state index contributed by atoms with van der Waals surface area (Å²) in [4.78, 5) is 28.2. The molecule has 1 saturated heterocycles. The van der Waals surface area contributed by atoms with E-state index in [-0.39, 0.29) is 30.4 Å². The van der Waals surface area contributed by atoms with Crippen LogP contribution in [-0.4, -0.2) is 47.6 Å². The highest BCUT2D eigenvalue weighted by Crippen LogP contribution is 2.29. The number of rotatable bonds is 4. The van der Waals surface area contributed by atoms with Crippen molar-refractivity contribution in [1.29, 1.82) is 0 Å². The molecule has 126 valence electrons. The lowest BCUT2D eigenvalue weighted by Crippen LogP contribution is -2.39. The van der Waals surface area contributed by atoms with Crippen LogP contribution in [-0.2, 0) is 17.6 Å². The monoisotopic (exact) mass is 336 g/mol. The predicted octanol–water partition coefficient (Wildman–Crippen LogP) is 1.59. The summed E-state index contributed by atoms with van der Waals surface area (Å²) in [5.74, 6) is -0.0643. The SMILES string of the molecule is CC(O)C1CCN(C(=O)CNC(=O)c2cc3c(s2)CCCC3)C1. The number of aliphatic hydroxyl groups is 1. The minimum absolute atomic E-state index is 0.0356. The fraction of sp³-hybridized carbons (Fsp3) is 0.647. The van der Waals surface area contributed by atoms with E-state index in [2.05, 4.69) is 5.32 Å². The number of fused-ring (bicyclic) bond motifs is 1. The molecule has 2 aliphatic rings. The average molecular weight is 336 g/mol. The third-order valence-corrected chi connectivity index (χ3v) is 6.12. The third kappa shape index (κ3) is 3.75. The van der Waals surface area contributed by atoms with Gasteiger partial charge in [-0.3, -0.25) is 9.59 Å². The Morgan fingerprint density at radius 3 is 2.91 bits per heavy atom. The molecule has 6 heteroatoms. The van der Waals surface area contributed by atoms with Gasteiger partial charge in [-0.2, -0.15) is 0 Å². The van der Waals surface area contributed by atoms with Crippen LogP contribution in [0.3, 0.4) is 0 Å². The number of amides is 2. The minimum atomic E-state index is -0.389. The van der Waals surface area contributed by atoms with Crippen LogP contribution < -0.4 is 5.32 Å². The summed E-state index contributed by atoms with van der Waals surface area (Å²) in [5, 5.41) is 12.3. The van der Waals surface area contributed by atoms with Gasteiger partial charge in [0.15, 0.2) is 0 Å². The highest BCUT2D eigenvalue weighted by Gasteiger charge is 2.29. The summed E-state index contributed by atoms with van der Waals surface area (Å²) in [6.45, 7) is 3.05. The zero-order valence-corrected chi connectivity index (χ0v) is 14.3. The lowest BCUT2D eigenvalue weighted by Gasteiger charge is -2.17. The highest BCUT2D eigenvalue weighted by molar-refractivity contribution is 7.14. The van der Waals surface area contributed by atoms with Crippen molar-refractivity contribution in [3.63, 3.8) is 0 Å². The molecule has 2 heterocycles. The van der Waals surface area contributed by atoms with Crippen molar-refractivity contribution in [2.75, 3.05) is 19.6 Å². The molecule has 0 saturated carbocycles. The maximum atomic E-state index is 12.2. The normalized spacial score (nSPS) is 21.8. The molecule has 3 rings (SSSR count). The van der Waals surface area contributed by atoms with Crippen molar-refractivity contribution in [3.05, 3.63) is 21.4 Å². The van der Waals surface area contributed by atoms with Gasteiger partial charge < -0.3 is 15.3 Å². The molecule has 0 aromatic carbocycles. The molecule has 5 nitrogen and oxygen atoms in total. The zero-order valence-electron chi connectivity index (χ0n) is 13.5. The Balaban J connectivity index is 1.51. The Labute approximate surface area is 140 Å². The molecule has 0 radical (unpaired) electrons. The topological polar surface area (TPSA) is 69.6 Å². The highest BCUT2D eigenvalue weighted by atomic mass is 32.1. The Morgan fingerprint density at radius 1 is 1.43 bits per heavy atom. The first-order chi connectivity index (χ1) is 11.0. The second kappa shape index (κ2) is 7.01. The molecular formula is C17H24N2O3S. The molecule has 0 bridgehead atoms. The molecule has 2 atom stereocenters. The number of aryl methyl sites for hydroxylation is 2. The van der Waals surface area contributed by atoms with Gasteiger partial charge in [0, 0.05) is 23.9 Å². The maximum absolute atomic E-state index is 12.2. The van der Waals surface area contributed by atoms with Gasteiger partial charge in [-0.1, -0.05) is 0 Å². The van der Waals surface area contributed by atoms with Crippen molar-refractivity contribution < 1.29 is 14.7 Å². The first kappa shape index (κ1) is 16.5. The molecule has 23 heavy (non-hydrogen) atoms. The van der Waals surface area contributed by atoms with Crippen LogP contribution in [0.4, 0.5) is 0 Å². The maximum Gasteiger partial charge on any atom is 0.261 e. The number of carbonyl (C=O) groups is 2. The molecule has 1 fully saturated rings. The van der Waals surface area contributed by atoms with Gasteiger partial charge in [0.05, 0.1) is 17.5 Å². The molecule has 2 N–H and O–H groups in total. The van der Waals surface area contributed by atoms with Crippen LogP contribution in [0.15, 0.2) is 6.07 Å². The van der Waals surface area contributed by atoms with Crippen molar-refractivity contribution >= 4 is 23.2 Å². The minimum Gasteiger partial charge on any atom is -0.393 e. The van der Waals surface area contributed by atoms with Gasteiger partial charge in [0.25, 0.3) is 5.91 Å². The summed E-state index contributed by atoms with van der Waals surface area (Å²) in [6.07, 6.45) is 4.97. The number of nitrogens with zero attached hydrogens (tertiary/aromatic N) is 1. The number of likely N-dealkylation sites (tertiary alicyclic amines) is 1. The van der Waals surface area contributed by atoms with E-state index < -0.39 is 0 Å². The summed E-state index contributed by atoms with van der Waals surface area (Å²) < 4.78 is 0. The third-order valence-electron chi connectivity index (χ3n) is 4.88. The molecule has 1 aromatic heterocycles. The first-order valence-corrected chi connectivity index (χ1v) is 9.22. The summed E-state index contributed by atoms with van der Waals surface area (Å²) in [7, 11) is 0. The zero-order chi connectivity index (χ0) is 16.4. The summed E-state index contributed by atoms with van der Waals surface area (Å²) in [6, 6.07) is 1.98. The van der Waals surface area contributed by atoms with Gasteiger partial charge in [-0.25, -0.2) is 0 Å². The van der Waals surface area contributed by atoms with Crippen LogP contribution in [0, 0.1) is 5.92 Å². The van der Waals surface area contributed by atoms with Crippen LogP contribution in [0.2, 0.25) is 0 Å². The number of carbonyl (C=O) groups excluding carboxylic acids is 2. The molecular weight excluding hydrogens is 312 g/mol. The van der Waals surface area contributed by atoms with Crippen LogP contribution in [0.1, 0.15) is 46.3 Å². The van der Waals surface area contributed by atoms with E-state index >= 15 is 0 Å². The van der Waals surface area contributed by atoms with Crippen molar-refractivity contribution in [3.8, 4) is 0 Å². The van der Waals surface area contributed by atoms with Crippen LogP contribution >= 0.6 is 11.3 Å². The van der Waals surface area contributed by atoms with Crippen LogP contribution in [0.25, 0.3) is 0 Å². The van der Waals surface area contributed by atoms with Crippen molar-refractivity contribution in [2.45, 2.75) is 45.1 Å². The summed E-state index contributed by atoms with van der Waals surface area (Å²) >= 11 is 1.56. The fourth-order valence-electron chi connectivity index (χ4n) is 3.36. The fourth-order valence-corrected chi connectivity index (χ4v) is 4.53. The average Bonchev–Trinajstić information content (AvgIpc) is 3.18. The van der Waals surface area contributed by atoms with E-state index in [0.717, 1.165) is 19.3 Å². The smallest absolute Gasteiger partial charge is 0.261 e. The number of aliphatic hydroxyl groups excluding tert-OH is 1. The van der Waals surface area contributed by atoms with E-state index in [1.54, 1.807) is 23.2 Å². The number of nitrogens with one attached hydrogen (secondary N) is 1. The van der Waals surface area contributed by atoms with Gasteiger partial charge >= 0.3 is 0 Å². The Kier molecular flexibility index (Phi) is 5.02. The van der Waals surface area contributed by atoms with Gasteiger partial charge in [0.2, 0.25) is 5.91 Å². The molecule has 2 amide bonds. The standard InChI is InChI=1S/C17H24N2O3S/c1-11(20)13-6-7-19(10-13)16(21)9-18-17(22)15-8-12-4-2-3-5-14(12)23-15/h8,11,13,20H,2-7,9-10H2,1H3,(H,18,22). The Morgan fingerprint density at radius 2 is 2.22 bits per heavy atom. The number of hydrogen-bond acceptors (Lipinski definition) is 4. The van der Waals surface area contributed by atoms with Gasteiger partial charge in [-0.15, -0.1) is 11.3 Å². The van der Waals surface area contributed by atoms with Crippen molar-refractivity contribution in [2.24, 2.45) is 5.92 Å². The molecule has 1 aliphatic carbocycles. The quantitative estimate of drug-likeness (QED) is 0.877. The Hall–Kier alpha value is -1.40. The van der Waals surface area contributed by atoms with Crippen molar-refractivity contribution in [1.82, 2.24) is 10.2 Å². The largest absolute Gasteiger partial charge is 0.393 e. The lowest BCUT2D eigenvalue weighted by atomic mass is 9.99. The molecule has 1 aliphatic heterocycles. The predicted molar refractivity (Wildman–Crippen MR) is 89.7 cm³/mol. The lowest BCUT2D eigenvalue weighted by molar-refractivity contribution is -0.129. The second-order valence-electron chi connectivity index (χ2n) is 6.58. The van der Waals surface area contributed by atoms with Crippen LogP contribution in [0.5, 0.6) is 0 Å². The number of thiophene rings is 1. The molecule has 1 aromatic rings. The number of hydrogen-bond donors (Lipinski definition) is 2. The molecule has 2 unspecified atom stereocenters. The second-order valence-corrected chi connectivity index (χ2v) is 7.71. The van der Waals surface area contributed by atoms with E-state index in [4.69, 9.17) is 0 Å². The molecule has 0 spiro atoms. The summed E-state index contributed by atoms with van der Waals surface area (Å²) in [5.41, 5.74) is 1.30. The van der Waals surface area contributed by atoms with E-state index in [9.17, 15) is 14.7 Å². The van der Waals surface area contributed by atoms with E-state index in [0.29, 0.717) is 18.0 Å². The van der Waals surface area contributed by atoms with E-state index in [1.807, 2.05) is 6.07 Å². The van der Waals surface area contributed by atoms with Gasteiger partial charge in [-0.05, 0) is 50.7 Å². The van der Waals surface area contributed by atoms with Gasteiger partial charge in [0.1, 0.15) is 0 Å². The Bertz CT molecular complexity index is 573.